The number of carbonyl (C=O) groups excluding carboxylic acids is 2. The van der Waals surface area contributed by atoms with Crippen LogP contribution in [0.4, 0.5) is 0 Å². The van der Waals surface area contributed by atoms with Crippen molar-refractivity contribution in [3.05, 3.63) is 27.5 Å². The number of rotatable bonds is 9. The van der Waals surface area contributed by atoms with Crippen LogP contribution in [-0.2, 0) is 14.3 Å². The summed E-state index contributed by atoms with van der Waals surface area (Å²) in [4.78, 5) is 27.1. The first-order valence-corrected chi connectivity index (χ1v) is 14.0. The molecule has 6 nitrogen and oxygen atoms in total. The number of aryl methyl sites for hydroxylation is 1. The van der Waals surface area contributed by atoms with Crippen molar-refractivity contribution in [2.45, 2.75) is 94.5 Å². The van der Waals surface area contributed by atoms with Crippen LogP contribution in [0.3, 0.4) is 0 Å². The second-order valence-corrected chi connectivity index (χ2v) is 12.3. The fourth-order valence-electron chi connectivity index (χ4n) is 4.27. The molecule has 35 heavy (non-hydrogen) atoms. The molecule has 8 heteroatoms. The van der Waals surface area contributed by atoms with E-state index in [1.165, 1.54) is 42.8 Å². The summed E-state index contributed by atoms with van der Waals surface area (Å²) >= 11 is 2.59. The van der Waals surface area contributed by atoms with Crippen molar-refractivity contribution >= 4 is 35.5 Å². The number of hydrogen-bond acceptors (Lipinski definition) is 8. The molecule has 1 N–H and O–H groups in total. The van der Waals surface area contributed by atoms with Crippen LogP contribution in [0.1, 0.15) is 77.7 Å². The van der Waals surface area contributed by atoms with Gasteiger partial charge in [0, 0.05) is 11.3 Å². The molecule has 2 aliphatic rings. The SMILES string of the molecule is CCCCC1CCC(C(=O)Oc2ccc(C)c3c2SC(=C(C#N)C(=O)OCCC(C)(C)O)S3)CC1. The van der Waals surface area contributed by atoms with Crippen molar-refractivity contribution in [2.24, 2.45) is 11.8 Å². The Bertz CT molecular complexity index is 1010. The lowest BCUT2D eigenvalue weighted by molar-refractivity contribution is -0.141. The zero-order chi connectivity index (χ0) is 25.6. The molecule has 0 aromatic heterocycles. The number of unbranched alkanes of at least 4 members (excludes halogenated alkanes) is 1. The van der Waals surface area contributed by atoms with E-state index in [4.69, 9.17) is 9.47 Å². The Balaban J connectivity index is 1.69. The third-order valence-electron chi connectivity index (χ3n) is 6.49. The van der Waals surface area contributed by atoms with E-state index in [0.29, 0.717) is 9.99 Å². The maximum Gasteiger partial charge on any atom is 0.350 e. The maximum absolute atomic E-state index is 13.0. The highest BCUT2D eigenvalue weighted by molar-refractivity contribution is 8.24. The van der Waals surface area contributed by atoms with E-state index in [1.807, 2.05) is 19.1 Å². The molecule has 0 amide bonds. The Morgan fingerprint density at radius 1 is 1.17 bits per heavy atom. The number of hydrogen-bond donors (Lipinski definition) is 1. The molecule has 190 valence electrons. The standard InChI is InChI=1S/C27H35NO5S2/c1-5-6-7-18-9-11-19(12-10-18)24(29)33-21-13-8-17(2)22-23(21)35-26(34-22)20(16-28)25(30)32-15-14-27(3,4)31/h8,13,18-19,31H,5-7,9-12,14-15H2,1-4H3. The maximum atomic E-state index is 13.0. The lowest BCUT2D eigenvalue weighted by atomic mass is 9.80. The predicted molar refractivity (Wildman–Crippen MR) is 138 cm³/mol. The number of ether oxygens (including phenoxy) is 2. The fourth-order valence-corrected chi connectivity index (χ4v) is 6.90. The Labute approximate surface area is 216 Å². The van der Waals surface area contributed by atoms with E-state index >= 15 is 0 Å². The van der Waals surface area contributed by atoms with Gasteiger partial charge < -0.3 is 14.6 Å². The number of aliphatic hydroxyl groups is 1. The summed E-state index contributed by atoms with van der Waals surface area (Å²) in [6.07, 6.45) is 7.85. The van der Waals surface area contributed by atoms with Gasteiger partial charge in [-0.15, -0.1) is 0 Å². The molecule has 0 bridgehead atoms. The summed E-state index contributed by atoms with van der Waals surface area (Å²) in [5.41, 5.74) is -0.0525. The number of esters is 2. The fraction of sp³-hybridized carbons (Fsp3) is 0.593. The molecule has 0 radical (unpaired) electrons. The third kappa shape index (κ3) is 7.52. The van der Waals surface area contributed by atoms with Crippen molar-refractivity contribution in [2.75, 3.05) is 6.61 Å². The average molecular weight is 518 g/mol. The zero-order valence-electron chi connectivity index (χ0n) is 21.0. The second-order valence-electron chi connectivity index (χ2n) is 10.00. The first-order chi connectivity index (χ1) is 16.6. The van der Waals surface area contributed by atoms with E-state index in [2.05, 4.69) is 6.92 Å². The van der Waals surface area contributed by atoms with Gasteiger partial charge in [0.1, 0.15) is 11.8 Å². The lowest BCUT2D eigenvalue weighted by Gasteiger charge is -2.27. The van der Waals surface area contributed by atoms with Crippen LogP contribution in [0.15, 0.2) is 31.7 Å². The van der Waals surface area contributed by atoms with Crippen molar-refractivity contribution in [3.63, 3.8) is 0 Å². The van der Waals surface area contributed by atoms with Crippen molar-refractivity contribution in [1.29, 1.82) is 5.26 Å². The van der Waals surface area contributed by atoms with Crippen LogP contribution in [0.2, 0.25) is 0 Å². The van der Waals surface area contributed by atoms with Crippen molar-refractivity contribution in [1.82, 2.24) is 0 Å². The predicted octanol–water partition coefficient (Wildman–Crippen LogP) is 6.53. The number of carbonyl (C=O) groups is 2. The lowest BCUT2D eigenvalue weighted by Crippen LogP contribution is -2.25. The molecular weight excluding hydrogens is 482 g/mol. The molecular formula is C27H35NO5S2. The van der Waals surface area contributed by atoms with E-state index in [1.54, 1.807) is 19.9 Å². The molecule has 3 rings (SSSR count). The summed E-state index contributed by atoms with van der Waals surface area (Å²) in [6, 6.07) is 5.66. The van der Waals surface area contributed by atoms with E-state index < -0.39 is 11.6 Å². The first-order valence-electron chi connectivity index (χ1n) is 12.4. The first kappa shape index (κ1) is 27.6. The van der Waals surface area contributed by atoms with Gasteiger partial charge in [0.15, 0.2) is 5.57 Å². The molecule has 1 saturated carbocycles. The van der Waals surface area contributed by atoms with Gasteiger partial charge in [-0.2, -0.15) is 5.26 Å². The largest absolute Gasteiger partial charge is 0.461 e. The summed E-state index contributed by atoms with van der Waals surface area (Å²) in [6.45, 7) is 7.44. The monoisotopic (exact) mass is 517 g/mol. The molecule has 1 aromatic carbocycles. The van der Waals surface area contributed by atoms with Crippen LogP contribution in [0, 0.1) is 30.1 Å². The number of thioether (sulfide) groups is 2. The van der Waals surface area contributed by atoms with Crippen LogP contribution in [0.25, 0.3) is 0 Å². The molecule has 0 unspecified atom stereocenters. The molecule has 0 spiro atoms. The summed E-state index contributed by atoms with van der Waals surface area (Å²) < 4.78 is 11.6. The average Bonchev–Trinajstić information content (AvgIpc) is 3.25. The van der Waals surface area contributed by atoms with Gasteiger partial charge in [-0.25, -0.2) is 4.79 Å². The van der Waals surface area contributed by atoms with Gasteiger partial charge in [-0.3, -0.25) is 4.79 Å². The molecule has 0 atom stereocenters. The summed E-state index contributed by atoms with van der Waals surface area (Å²) in [7, 11) is 0. The third-order valence-corrected chi connectivity index (χ3v) is 9.23. The molecule has 1 aliphatic heterocycles. The highest BCUT2D eigenvalue weighted by Gasteiger charge is 2.32. The number of nitriles is 1. The Kier molecular flexibility index (Phi) is 9.74. The van der Waals surface area contributed by atoms with Gasteiger partial charge in [0.05, 0.1) is 27.3 Å². The summed E-state index contributed by atoms with van der Waals surface area (Å²) in [5.74, 6) is 0.202. The van der Waals surface area contributed by atoms with Crippen LogP contribution < -0.4 is 4.74 Å². The highest BCUT2D eigenvalue weighted by atomic mass is 32.2. The van der Waals surface area contributed by atoms with Crippen molar-refractivity contribution in [3.8, 4) is 11.8 Å². The van der Waals surface area contributed by atoms with Gasteiger partial charge in [0.25, 0.3) is 0 Å². The highest BCUT2D eigenvalue weighted by Crippen LogP contribution is 2.57. The van der Waals surface area contributed by atoms with Gasteiger partial charge in [-0.1, -0.05) is 55.8 Å². The molecule has 0 saturated heterocycles. The minimum absolute atomic E-state index is 0.0195. The number of fused-ring (bicyclic) bond motifs is 1. The molecule has 1 aliphatic carbocycles. The van der Waals surface area contributed by atoms with Gasteiger partial charge >= 0.3 is 11.9 Å². The smallest absolute Gasteiger partial charge is 0.350 e. The van der Waals surface area contributed by atoms with Crippen LogP contribution >= 0.6 is 23.5 Å². The van der Waals surface area contributed by atoms with Crippen LogP contribution in [0.5, 0.6) is 5.75 Å². The van der Waals surface area contributed by atoms with Gasteiger partial charge in [0.2, 0.25) is 0 Å². The Morgan fingerprint density at radius 3 is 2.49 bits per heavy atom. The van der Waals surface area contributed by atoms with Crippen molar-refractivity contribution < 1.29 is 24.2 Å². The normalized spacial score (nSPS) is 21.1. The minimum Gasteiger partial charge on any atom is -0.461 e. The van der Waals surface area contributed by atoms with Crippen LogP contribution in [-0.4, -0.2) is 29.3 Å². The topological polar surface area (TPSA) is 96.6 Å². The zero-order valence-corrected chi connectivity index (χ0v) is 22.7. The molecule has 1 heterocycles. The van der Waals surface area contributed by atoms with E-state index in [0.717, 1.165) is 47.0 Å². The quantitative estimate of drug-likeness (QED) is 0.171. The van der Waals surface area contributed by atoms with Gasteiger partial charge in [-0.05, 0) is 64.0 Å². The summed E-state index contributed by atoms with van der Waals surface area (Å²) in [5, 5.41) is 19.5. The van der Waals surface area contributed by atoms with E-state index in [-0.39, 0.29) is 30.5 Å². The second kappa shape index (κ2) is 12.3. The van der Waals surface area contributed by atoms with E-state index in [9.17, 15) is 20.0 Å². The number of nitrogens with zero attached hydrogens (tertiary/aromatic N) is 1. The Hall–Kier alpha value is -1.95. The molecule has 1 aromatic rings. The molecule has 1 fully saturated rings. The minimum atomic E-state index is -0.960. The number of benzene rings is 1. The Morgan fingerprint density at radius 2 is 1.86 bits per heavy atom.